The summed E-state index contributed by atoms with van der Waals surface area (Å²) in [5, 5.41) is 13.7. The van der Waals surface area contributed by atoms with Crippen LogP contribution in [-0.2, 0) is 37.7 Å². The number of hydrogen-bond acceptors (Lipinski definition) is 9. The van der Waals surface area contributed by atoms with Crippen LogP contribution in [0.2, 0.25) is 0 Å². The van der Waals surface area contributed by atoms with Crippen molar-refractivity contribution in [3.8, 4) is 5.75 Å². The number of carbonyl (C=O) groups excluding carboxylic acids is 4. The molecule has 1 saturated heterocycles. The van der Waals surface area contributed by atoms with Crippen molar-refractivity contribution >= 4 is 23.6 Å². The second-order valence-electron chi connectivity index (χ2n) is 14.1. The molecule has 6 rings (SSSR count). The number of carbonyl (C=O) groups is 4. The molecular weight excluding hydrogens is 637 g/mol. The number of halogens is 1. The molecule has 1 aliphatic carbocycles. The quantitative estimate of drug-likeness (QED) is 0.386. The van der Waals surface area contributed by atoms with Gasteiger partial charge in [-0.25, -0.2) is 9.37 Å². The van der Waals surface area contributed by atoms with Gasteiger partial charge in [0, 0.05) is 66.3 Å². The molecule has 14 nitrogen and oxygen atoms in total. The summed E-state index contributed by atoms with van der Waals surface area (Å²) < 4.78 is 20.5. The number of aromatic hydroxyl groups is 1. The van der Waals surface area contributed by atoms with Gasteiger partial charge < -0.3 is 29.9 Å². The van der Waals surface area contributed by atoms with Crippen LogP contribution in [0.5, 0.6) is 5.75 Å². The number of amides is 4. The maximum Gasteiger partial charge on any atom is 0.312 e. The van der Waals surface area contributed by atoms with E-state index in [0.717, 1.165) is 0 Å². The van der Waals surface area contributed by atoms with Crippen molar-refractivity contribution in [2.24, 2.45) is 5.41 Å². The van der Waals surface area contributed by atoms with Gasteiger partial charge in [0.2, 0.25) is 11.7 Å². The number of aromatic nitrogens is 2. The number of likely N-dealkylation sites (N-methyl/N-ethyl adjacent to an activating group) is 3. The van der Waals surface area contributed by atoms with Crippen molar-refractivity contribution in [1.82, 2.24) is 34.5 Å². The van der Waals surface area contributed by atoms with Crippen LogP contribution in [0, 0.1) is 11.2 Å². The minimum absolute atomic E-state index is 0.00582. The number of nitrogens with one attached hydrogen (secondary N) is 1. The van der Waals surface area contributed by atoms with E-state index in [-0.39, 0.29) is 43.6 Å². The molecule has 2 bridgehead atoms. The highest BCUT2D eigenvalue weighted by atomic mass is 19.1. The molecular formula is C34H46FN7O7. The Morgan fingerprint density at radius 3 is 2.20 bits per heavy atom. The zero-order valence-corrected chi connectivity index (χ0v) is 29.0. The van der Waals surface area contributed by atoms with Crippen LogP contribution in [0.3, 0.4) is 0 Å². The Morgan fingerprint density at radius 1 is 1.00 bits per heavy atom. The second-order valence-corrected chi connectivity index (χ2v) is 14.1. The number of nitrogens with zero attached hydrogens (tertiary/aromatic N) is 6. The molecule has 4 aliphatic rings. The number of fused-ring (bicyclic) bond motifs is 2. The third-order valence-corrected chi connectivity index (χ3v) is 10.2. The number of ether oxygens (including phenoxy) is 1. The smallest absolute Gasteiger partial charge is 0.312 e. The van der Waals surface area contributed by atoms with E-state index in [1.807, 2.05) is 13.8 Å². The Labute approximate surface area is 284 Å². The van der Waals surface area contributed by atoms with Gasteiger partial charge in [0.05, 0.1) is 18.8 Å². The van der Waals surface area contributed by atoms with Gasteiger partial charge >= 0.3 is 11.8 Å². The van der Waals surface area contributed by atoms with E-state index in [1.165, 1.54) is 59.8 Å². The van der Waals surface area contributed by atoms with E-state index >= 15 is 0 Å². The third kappa shape index (κ3) is 7.18. The fourth-order valence-corrected chi connectivity index (χ4v) is 7.52. The highest BCUT2D eigenvalue weighted by molar-refractivity contribution is 6.34. The Kier molecular flexibility index (Phi) is 10.2. The van der Waals surface area contributed by atoms with Crippen LogP contribution in [0.1, 0.15) is 61.4 Å². The lowest BCUT2D eigenvalue weighted by Gasteiger charge is -2.47. The Morgan fingerprint density at radius 2 is 1.61 bits per heavy atom. The second kappa shape index (κ2) is 13.9. The highest BCUT2D eigenvalue weighted by Gasteiger charge is 2.55. The van der Waals surface area contributed by atoms with Crippen LogP contribution in [0.4, 0.5) is 4.39 Å². The predicted molar refractivity (Wildman–Crippen MR) is 176 cm³/mol. The van der Waals surface area contributed by atoms with E-state index in [2.05, 4.69) is 15.2 Å². The van der Waals surface area contributed by atoms with Crippen molar-refractivity contribution < 1.29 is 33.4 Å². The topological polar surface area (TPSA) is 158 Å². The Hall–Kier alpha value is -4.37. The number of benzene rings is 1. The van der Waals surface area contributed by atoms with Crippen LogP contribution < -0.4 is 10.9 Å². The molecule has 3 aliphatic heterocycles. The van der Waals surface area contributed by atoms with Gasteiger partial charge in [0.25, 0.3) is 11.5 Å². The first-order valence-corrected chi connectivity index (χ1v) is 16.5. The summed E-state index contributed by atoms with van der Waals surface area (Å²) >= 11 is 0. The monoisotopic (exact) mass is 683 g/mol. The highest BCUT2D eigenvalue weighted by Crippen LogP contribution is 2.52. The van der Waals surface area contributed by atoms with E-state index in [9.17, 15) is 33.5 Å². The summed E-state index contributed by atoms with van der Waals surface area (Å²) in [6.45, 7) is 5.80. The molecule has 266 valence electrons. The first-order valence-electron chi connectivity index (χ1n) is 16.5. The standard InChI is InChI=1S/C34H46FN7O7/c1-21-16-41(17-22(2)49-21)18-25(43)39(5)19-33-11-13-34(14-12-33,40(6)31(48)30(47)38(3)4)32-37-26(27(44)29(46)42(32)20-33)28(45)36-15-23-7-9-24(35)10-8-23/h7-10,21-22,44H,11-20H2,1-6H3,(H,36,45). The largest absolute Gasteiger partial charge is 0.501 e. The number of hydrogen-bond donors (Lipinski definition) is 2. The van der Waals surface area contributed by atoms with Gasteiger partial charge in [-0.05, 0) is 57.2 Å². The van der Waals surface area contributed by atoms with Crippen molar-refractivity contribution in [2.75, 3.05) is 54.4 Å². The molecule has 1 aromatic carbocycles. The molecule has 1 aromatic heterocycles. The first kappa shape index (κ1) is 35.9. The lowest BCUT2D eigenvalue weighted by molar-refractivity contribution is -0.155. The van der Waals surface area contributed by atoms with E-state index in [4.69, 9.17) is 4.74 Å². The van der Waals surface area contributed by atoms with Gasteiger partial charge in [0.1, 0.15) is 17.2 Å². The third-order valence-electron chi connectivity index (χ3n) is 10.2. The summed E-state index contributed by atoms with van der Waals surface area (Å²) in [5.41, 5.74) is -2.67. The Balaban J connectivity index is 1.48. The average molecular weight is 684 g/mol. The van der Waals surface area contributed by atoms with Gasteiger partial charge in [-0.2, -0.15) is 0 Å². The summed E-state index contributed by atoms with van der Waals surface area (Å²) in [7, 11) is 6.15. The SMILES string of the molecule is CC1CN(CC(=O)N(C)CC23CCC(N(C)C(=O)C(=O)N(C)C)(CC2)c2nc(C(=O)NCc4ccc(F)cc4)c(O)c(=O)n2C3)CC(C)O1. The summed E-state index contributed by atoms with van der Waals surface area (Å²) in [5.74, 6) is -3.69. The molecule has 1 saturated carbocycles. The van der Waals surface area contributed by atoms with E-state index in [1.54, 1.807) is 11.9 Å². The normalized spacial score (nSPS) is 24.8. The van der Waals surface area contributed by atoms with Gasteiger partial charge in [0.15, 0.2) is 5.69 Å². The molecule has 49 heavy (non-hydrogen) atoms. The minimum atomic E-state index is -1.26. The van der Waals surface area contributed by atoms with Gasteiger partial charge in [-0.15, -0.1) is 0 Å². The molecule has 2 aromatic rings. The molecule has 2 fully saturated rings. The molecule has 4 amide bonds. The van der Waals surface area contributed by atoms with E-state index < -0.39 is 51.5 Å². The molecule has 15 heteroatoms. The lowest BCUT2D eigenvalue weighted by atomic mass is 9.67. The Bertz CT molecular complexity index is 1660. The maximum atomic E-state index is 14.0. The zero-order chi connectivity index (χ0) is 35.8. The fourth-order valence-electron chi connectivity index (χ4n) is 7.52. The lowest BCUT2D eigenvalue weighted by Crippen LogP contribution is -2.55. The van der Waals surface area contributed by atoms with Crippen LogP contribution >= 0.6 is 0 Å². The number of morpholine rings is 1. The van der Waals surface area contributed by atoms with Gasteiger partial charge in [-0.1, -0.05) is 12.1 Å². The first-order chi connectivity index (χ1) is 23.1. The molecule has 4 heterocycles. The molecule has 0 spiro atoms. The molecule has 2 unspecified atom stereocenters. The molecule has 2 atom stereocenters. The zero-order valence-electron chi connectivity index (χ0n) is 29.0. The maximum absolute atomic E-state index is 14.0. The minimum Gasteiger partial charge on any atom is -0.501 e. The molecule has 0 radical (unpaired) electrons. The average Bonchev–Trinajstić information content (AvgIpc) is 3.28. The van der Waals surface area contributed by atoms with Crippen molar-refractivity contribution in [2.45, 2.75) is 70.4 Å². The van der Waals surface area contributed by atoms with E-state index in [0.29, 0.717) is 50.9 Å². The summed E-state index contributed by atoms with van der Waals surface area (Å²) in [6.07, 6.45) is 1.55. The number of rotatable bonds is 8. The van der Waals surface area contributed by atoms with Crippen molar-refractivity contribution in [3.63, 3.8) is 0 Å². The fraction of sp³-hybridized carbons (Fsp3) is 0.588. The van der Waals surface area contributed by atoms with Crippen LogP contribution in [0.25, 0.3) is 0 Å². The van der Waals surface area contributed by atoms with Crippen LogP contribution in [0.15, 0.2) is 29.1 Å². The van der Waals surface area contributed by atoms with Gasteiger partial charge in [-0.3, -0.25) is 33.4 Å². The van der Waals surface area contributed by atoms with Crippen LogP contribution in [-0.4, -0.2) is 124 Å². The predicted octanol–water partition coefficient (Wildman–Crippen LogP) is 0.902. The summed E-state index contributed by atoms with van der Waals surface area (Å²) in [4.78, 5) is 78.0. The summed E-state index contributed by atoms with van der Waals surface area (Å²) in [6, 6.07) is 5.49. The van der Waals surface area contributed by atoms with Crippen molar-refractivity contribution in [1.29, 1.82) is 0 Å². The van der Waals surface area contributed by atoms with Crippen molar-refractivity contribution in [3.05, 3.63) is 57.5 Å². The molecule has 2 N–H and O–H groups in total.